The molecule has 2 aliphatic rings. The quantitative estimate of drug-likeness (QED) is 0.800. The lowest BCUT2D eigenvalue weighted by atomic mass is 9.82. The van der Waals surface area contributed by atoms with Crippen molar-refractivity contribution in [2.45, 2.75) is 38.7 Å². The Labute approximate surface area is 126 Å². The van der Waals surface area contributed by atoms with E-state index < -0.39 is 29.1 Å². The van der Waals surface area contributed by atoms with Gasteiger partial charge in [-0.3, -0.25) is 14.8 Å². The van der Waals surface area contributed by atoms with Crippen LogP contribution in [0.25, 0.3) is 0 Å². The highest BCUT2D eigenvalue weighted by Gasteiger charge is 2.58. The summed E-state index contributed by atoms with van der Waals surface area (Å²) in [6, 6.07) is 0.869. The zero-order chi connectivity index (χ0) is 16.1. The minimum absolute atomic E-state index is 0.113. The molecule has 1 aromatic rings. The highest BCUT2D eigenvalue weighted by Crippen LogP contribution is 2.47. The SMILES string of the molecule is CC1(C)C(=O)N2C(c3cncc(F)c3)CCN2CCC1(F)F. The predicted molar refractivity (Wildman–Crippen MR) is 73.3 cm³/mol. The van der Waals surface area contributed by atoms with Crippen LogP contribution in [0.2, 0.25) is 0 Å². The maximum Gasteiger partial charge on any atom is 0.263 e. The molecule has 1 atom stereocenters. The van der Waals surface area contributed by atoms with Gasteiger partial charge in [-0.15, -0.1) is 0 Å². The van der Waals surface area contributed by atoms with Crippen molar-refractivity contribution < 1.29 is 18.0 Å². The van der Waals surface area contributed by atoms with E-state index in [2.05, 4.69) is 4.98 Å². The van der Waals surface area contributed by atoms with Crippen LogP contribution in [0.4, 0.5) is 13.2 Å². The summed E-state index contributed by atoms with van der Waals surface area (Å²) in [5, 5.41) is 3.04. The van der Waals surface area contributed by atoms with Gasteiger partial charge in [0.15, 0.2) is 0 Å². The topological polar surface area (TPSA) is 36.4 Å². The Morgan fingerprint density at radius 1 is 1.27 bits per heavy atom. The maximum atomic E-state index is 14.2. The van der Waals surface area contributed by atoms with Gasteiger partial charge in [-0.05, 0) is 31.9 Å². The van der Waals surface area contributed by atoms with Crippen LogP contribution in [-0.4, -0.2) is 39.9 Å². The summed E-state index contributed by atoms with van der Waals surface area (Å²) in [7, 11) is 0. The second-order valence-electron chi connectivity index (χ2n) is 6.42. The van der Waals surface area contributed by atoms with Crippen LogP contribution in [0.5, 0.6) is 0 Å². The number of rotatable bonds is 1. The van der Waals surface area contributed by atoms with Crippen molar-refractivity contribution in [3.63, 3.8) is 0 Å². The van der Waals surface area contributed by atoms with Crippen LogP contribution in [0.1, 0.15) is 38.3 Å². The number of hydrogen-bond acceptors (Lipinski definition) is 3. The third kappa shape index (κ3) is 2.18. The molecule has 0 aromatic carbocycles. The molecule has 120 valence electrons. The number of aromatic nitrogens is 1. The van der Waals surface area contributed by atoms with Crippen molar-refractivity contribution in [3.8, 4) is 0 Å². The average molecular weight is 313 g/mol. The highest BCUT2D eigenvalue weighted by atomic mass is 19.3. The van der Waals surface area contributed by atoms with Crippen molar-refractivity contribution in [2.75, 3.05) is 13.1 Å². The van der Waals surface area contributed by atoms with E-state index >= 15 is 0 Å². The number of fused-ring (bicyclic) bond motifs is 1. The molecule has 0 radical (unpaired) electrons. The van der Waals surface area contributed by atoms with Crippen molar-refractivity contribution in [1.82, 2.24) is 15.0 Å². The molecule has 1 amide bonds. The minimum Gasteiger partial charge on any atom is -0.273 e. The summed E-state index contributed by atoms with van der Waals surface area (Å²) in [5.41, 5.74) is -1.25. The minimum atomic E-state index is -3.07. The first kappa shape index (κ1) is 15.3. The summed E-state index contributed by atoms with van der Waals surface area (Å²) in [6.45, 7) is 3.16. The summed E-state index contributed by atoms with van der Waals surface area (Å²) >= 11 is 0. The molecule has 3 heterocycles. The lowest BCUT2D eigenvalue weighted by Crippen LogP contribution is -2.50. The van der Waals surface area contributed by atoms with E-state index in [1.54, 1.807) is 5.01 Å². The highest BCUT2D eigenvalue weighted by molar-refractivity contribution is 5.83. The smallest absolute Gasteiger partial charge is 0.263 e. The molecular weight excluding hydrogens is 295 g/mol. The van der Waals surface area contributed by atoms with Crippen LogP contribution >= 0.6 is 0 Å². The summed E-state index contributed by atoms with van der Waals surface area (Å²) in [6.07, 6.45) is 2.79. The Morgan fingerprint density at radius 3 is 2.68 bits per heavy atom. The van der Waals surface area contributed by atoms with Gasteiger partial charge in [0.25, 0.3) is 5.92 Å². The number of carbonyl (C=O) groups excluding carboxylic acids is 1. The lowest BCUT2D eigenvalue weighted by molar-refractivity contribution is -0.170. The van der Waals surface area contributed by atoms with Crippen molar-refractivity contribution in [1.29, 1.82) is 0 Å². The van der Waals surface area contributed by atoms with Gasteiger partial charge in [0, 0.05) is 25.7 Å². The first-order valence-electron chi connectivity index (χ1n) is 7.31. The molecule has 2 fully saturated rings. The van der Waals surface area contributed by atoms with Gasteiger partial charge in [-0.2, -0.15) is 0 Å². The van der Waals surface area contributed by atoms with Crippen LogP contribution in [0.15, 0.2) is 18.5 Å². The fourth-order valence-electron chi connectivity index (χ4n) is 3.13. The lowest BCUT2D eigenvalue weighted by Gasteiger charge is -2.36. The van der Waals surface area contributed by atoms with E-state index in [1.807, 2.05) is 0 Å². The van der Waals surface area contributed by atoms with E-state index in [0.29, 0.717) is 18.5 Å². The Hall–Kier alpha value is -1.63. The third-order valence-electron chi connectivity index (χ3n) is 4.71. The molecule has 0 aliphatic carbocycles. The van der Waals surface area contributed by atoms with Crippen molar-refractivity contribution in [3.05, 3.63) is 29.8 Å². The third-order valence-corrected chi connectivity index (χ3v) is 4.71. The number of carbonyl (C=O) groups is 1. The molecule has 0 N–H and O–H groups in total. The molecule has 1 unspecified atom stereocenters. The van der Waals surface area contributed by atoms with Crippen LogP contribution in [-0.2, 0) is 4.79 Å². The zero-order valence-corrected chi connectivity index (χ0v) is 12.5. The number of pyridine rings is 1. The number of hydrogen-bond donors (Lipinski definition) is 0. The first-order chi connectivity index (χ1) is 10.2. The second-order valence-corrected chi connectivity index (χ2v) is 6.42. The maximum absolute atomic E-state index is 14.2. The molecule has 0 spiro atoms. The molecular formula is C15H18F3N3O. The average Bonchev–Trinajstić information content (AvgIpc) is 2.85. The van der Waals surface area contributed by atoms with Crippen molar-refractivity contribution in [2.24, 2.45) is 5.41 Å². The normalized spacial score (nSPS) is 27.6. The fourth-order valence-corrected chi connectivity index (χ4v) is 3.13. The van der Waals surface area contributed by atoms with Crippen LogP contribution < -0.4 is 0 Å². The monoisotopic (exact) mass is 313 g/mol. The second kappa shape index (κ2) is 4.94. The van der Waals surface area contributed by atoms with Crippen molar-refractivity contribution >= 4 is 5.91 Å². The molecule has 2 saturated heterocycles. The van der Waals surface area contributed by atoms with E-state index in [0.717, 1.165) is 6.20 Å². The van der Waals surface area contributed by atoms with Gasteiger partial charge in [-0.1, -0.05) is 0 Å². The van der Waals surface area contributed by atoms with Crippen LogP contribution in [0.3, 0.4) is 0 Å². The summed E-state index contributed by atoms with van der Waals surface area (Å²) < 4.78 is 41.9. The number of hydrazine groups is 1. The molecule has 1 aromatic heterocycles. The van der Waals surface area contributed by atoms with Gasteiger partial charge < -0.3 is 0 Å². The van der Waals surface area contributed by atoms with E-state index in [9.17, 15) is 18.0 Å². The Bertz CT molecular complexity index is 605. The van der Waals surface area contributed by atoms with E-state index in [-0.39, 0.29) is 13.0 Å². The van der Waals surface area contributed by atoms with E-state index in [1.165, 1.54) is 31.1 Å². The van der Waals surface area contributed by atoms with Gasteiger partial charge >= 0.3 is 0 Å². The predicted octanol–water partition coefficient (Wildman–Crippen LogP) is 2.78. The number of alkyl halides is 2. The van der Waals surface area contributed by atoms with Gasteiger partial charge in [0.2, 0.25) is 5.91 Å². The standard InChI is InChI=1S/C15H18F3N3O/c1-14(2)13(22)21-12(10-7-11(16)9-19-8-10)3-5-20(21)6-4-15(14,17)18/h7-9,12H,3-6H2,1-2H3. The Morgan fingerprint density at radius 2 is 2.00 bits per heavy atom. The first-order valence-corrected chi connectivity index (χ1v) is 7.31. The van der Waals surface area contributed by atoms with E-state index in [4.69, 9.17) is 0 Å². The number of nitrogens with zero attached hydrogens (tertiary/aromatic N) is 3. The number of amides is 1. The summed E-state index contributed by atoms with van der Waals surface area (Å²) in [4.78, 5) is 16.5. The van der Waals surface area contributed by atoms with Crippen LogP contribution in [0, 0.1) is 11.2 Å². The number of halogens is 3. The molecule has 7 heteroatoms. The largest absolute Gasteiger partial charge is 0.273 e. The Kier molecular flexibility index (Phi) is 3.43. The molecule has 2 aliphatic heterocycles. The molecule has 0 bridgehead atoms. The molecule has 4 nitrogen and oxygen atoms in total. The molecule has 0 saturated carbocycles. The van der Waals surface area contributed by atoms with Gasteiger partial charge in [-0.25, -0.2) is 18.2 Å². The van der Waals surface area contributed by atoms with Gasteiger partial charge in [0.1, 0.15) is 11.2 Å². The Balaban J connectivity index is 1.99. The zero-order valence-electron chi connectivity index (χ0n) is 12.5. The molecule has 22 heavy (non-hydrogen) atoms. The molecule has 3 rings (SSSR count). The fraction of sp³-hybridized carbons (Fsp3) is 0.600. The van der Waals surface area contributed by atoms with Gasteiger partial charge in [0.05, 0.1) is 12.2 Å². The summed E-state index contributed by atoms with van der Waals surface area (Å²) in [5.74, 6) is -4.19.